The van der Waals surface area contributed by atoms with Crippen LogP contribution in [0.1, 0.15) is 18.9 Å². The minimum Gasteiger partial charge on any atom is -0.479 e. The first-order chi connectivity index (χ1) is 6.52. The molecule has 0 spiro atoms. The standard InChI is InChI=1S/C10H11FO3/c1-2-10(14,9(12)13)7-5-3-4-6-8(7)11/h3-6,14H,2H2,1H3,(H,12,13). The first kappa shape index (κ1) is 10.7. The molecule has 76 valence electrons. The van der Waals surface area contributed by atoms with Crippen molar-refractivity contribution in [2.24, 2.45) is 0 Å². The Labute approximate surface area is 80.8 Å². The van der Waals surface area contributed by atoms with Gasteiger partial charge in [0.15, 0.2) is 5.60 Å². The van der Waals surface area contributed by atoms with E-state index in [4.69, 9.17) is 5.11 Å². The van der Waals surface area contributed by atoms with Gasteiger partial charge in [-0.15, -0.1) is 0 Å². The molecule has 0 fully saturated rings. The van der Waals surface area contributed by atoms with Crippen molar-refractivity contribution in [2.45, 2.75) is 18.9 Å². The van der Waals surface area contributed by atoms with E-state index < -0.39 is 17.4 Å². The Kier molecular flexibility index (Phi) is 2.86. The Morgan fingerprint density at radius 2 is 2.07 bits per heavy atom. The second kappa shape index (κ2) is 3.75. The van der Waals surface area contributed by atoms with Crippen molar-refractivity contribution in [1.82, 2.24) is 0 Å². The lowest BCUT2D eigenvalue weighted by Gasteiger charge is -2.22. The molecule has 0 aliphatic rings. The van der Waals surface area contributed by atoms with E-state index >= 15 is 0 Å². The molecule has 2 N–H and O–H groups in total. The van der Waals surface area contributed by atoms with E-state index in [9.17, 15) is 14.3 Å². The van der Waals surface area contributed by atoms with Crippen LogP contribution in [0.25, 0.3) is 0 Å². The summed E-state index contributed by atoms with van der Waals surface area (Å²) in [5.41, 5.74) is -2.33. The van der Waals surface area contributed by atoms with E-state index in [0.29, 0.717) is 0 Å². The van der Waals surface area contributed by atoms with Crippen molar-refractivity contribution in [1.29, 1.82) is 0 Å². The Hall–Kier alpha value is -1.42. The number of benzene rings is 1. The van der Waals surface area contributed by atoms with E-state index in [2.05, 4.69) is 0 Å². The molecular formula is C10H11FO3. The first-order valence-corrected chi connectivity index (χ1v) is 4.23. The van der Waals surface area contributed by atoms with Gasteiger partial charge in [-0.2, -0.15) is 0 Å². The van der Waals surface area contributed by atoms with E-state index in [0.717, 1.165) is 6.07 Å². The number of aliphatic carboxylic acids is 1. The van der Waals surface area contributed by atoms with Crippen LogP contribution in [0.15, 0.2) is 24.3 Å². The summed E-state index contributed by atoms with van der Waals surface area (Å²) in [6.45, 7) is 1.49. The predicted octanol–water partition coefficient (Wildman–Crippen LogP) is 1.51. The third kappa shape index (κ3) is 1.61. The number of carbonyl (C=O) groups is 1. The Bertz CT molecular complexity index is 351. The number of hydrogen-bond acceptors (Lipinski definition) is 2. The molecule has 0 heterocycles. The number of carboxylic acid groups (broad SMARTS) is 1. The third-order valence-corrected chi connectivity index (χ3v) is 2.18. The minimum absolute atomic E-state index is 0.0801. The van der Waals surface area contributed by atoms with E-state index in [-0.39, 0.29) is 12.0 Å². The predicted molar refractivity (Wildman–Crippen MR) is 48.2 cm³/mol. The highest BCUT2D eigenvalue weighted by atomic mass is 19.1. The largest absolute Gasteiger partial charge is 0.479 e. The molecule has 1 unspecified atom stereocenters. The van der Waals surface area contributed by atoms with Crippen molar-refractivity contribution >= 4 is 5.97 Å². The van der Waals surface area contributed by atoms with Crippen LogP contribution in [0.4, 0.5) is 4.39 Å². The quantitative estimate of drug-likeness (QED) is 0.773. The molecule has 1 atom stereocenters. The molecule has 0 aliphatic heterocycles. The molecule has 0 saturated carbocycles. The number of rotatable bonds is 3. The van der Waals surface area contributed by atoms with Gasteiger partial charge < -0.3 is 10.2 Å². The fraction of sp³-hybridized carbons (Fsp3) is 0.300. The van der Waals surface area contributed by atoms with Gasteiger partial charge in [0, 0.05) is 5.56 Å². The highest BCUT2D eigenvalue weighted by Crippen LogP contribution is 2.27. The summed E-state index contributed by atoms with van der Waals surface area (Å²) >= 11 is 0. The molecule has 4 heteroatoms. The molecule has 1 aromatic carbocycles. The lowest BCUT2D eigenvalue weighted by molar-refractivity contribution is -0.160. The number of carboxylic acids is 1. The molecule has 0 saturated heterocycles. The van der Waals surface area contributed by atoms with Gasteiger partial charge in [-0.25, -0.2) is 9.18 Å². The van der Waals surface area contributed by atoms with Crippen LogP contribution in [0.5, 0.6) is 0 Å². The SMILES string of the molecule is CCC(O)(C(=O)O)c1ccccc1F. The lowest BCUT2D eigenvalue weighted by Crippen LogP contribution is -2.35. The molecular weight excluding hydrogens is 187 g/mol. The van der Waals surface area contributed by atoms with Crippen LogP contribution in [-0.4, -0.2) is 16.2 Å². The van der Waals surface area contributed by atoms with E-state index in [1.807, 2.05) is 0 Å². The maximum absolute atomic E-state index is 13.2. The zero-order valence-corrected chi connectivity index (χ0v) is 7.70. The molecule has 0 radical (unpaired) electrons. The summed E-state index contributed by atoms with van der Waals surface area (Å²) in [5, 5.41) is 18.5. The summed E-state index contributed by atoms with van der Waals surface area (Å²) in [5.74, 6) is -2.15. The second-order valence-corrected chi connectivity index (χ2v) is 3.00. The molecule has 0 aromatic heterocycles. The molecule has 0 amide bonds. The number of halogens is 1. The summed E-state index contributed by atoms with van der Waals surface area (Å²) in [6, 6.07) is 5.32. The van der Waals surface area contributed by atoms with Gasteiger partial charge >= 0.3 is 5.97 Å². The number of hydrogen-bond donors (Lipinski definition) is 2. The zero-order chi connectivity index (χ0) is 10.8. The molecule has 0 aliphatic carbocycles. The highest BCUT2D eigenvalue weighted by molar-refractivity contribution is 5.79. The molecule has 3 nitrogen and oxygen atoms in total. The van der Waals surface area contributed by atoms with Crippen LogP contribution in [0.3, 0.4) is 0 Å². The van der Waals surface area contributed by atoms with Gasteiger partial charge in [0.1, 0.15) is 5.82 Å². The van der Waals surface area contributed by atoms with Crippen LogP contribution in [0.2, 0.25) is 0 Å². The average Bonchev–Trinajstić information content (AvgIpc) is 2.17. The van der Waals surface area contributed by atoms with Crippen LogP contribution >= 0.6 is 0 Å². The number of aliphatic hydroxyl groups is 1. The van der Waals surface area contributed by atoms with Gasteiger partial charge in [0.25, 0.3) is 0 Å². The molecule has 0 bridgehead atoms. The van der Waals surface area contributed by atoms with Crippen LogP contribution in [-0.2, 0) is 10.4 Å². The van der Waals surface area contributed by atoms with Crippen LogP contribution < -0.4 is 0 Å². The van der Waals surface area contributed by atoms with Crippen LogP contribution in [0, 0.1) is 5.82 Å². The summed E-state index contributed by atoms with van der Waals surface area (Å²) < 4.78 is 13.2. The van der Waals surface area contributed by atoms with Crippen molar-refractivity contribution in [3.8, 4) is 0 Å². The summed E-state index contributed by atoms with van der Waals surface area (Å²) in [7, 11) is 0. The highest BCUT2D eigenvalue weighted by Gasteiger charge is 2.38. The van der Waals surface area contributed by atoms with Gasteiger partial charge in [0.05, 0.1) is 0 Å². The third-order valence-electron chi connectivity index (χ3n) is 2.18. The van der Waals surface area contributed by atoms with Crippen molar-refractivity contribution in [3.05, 3.63) is 35.6 Å². The normalized spacial score (nSPS) is 14.8. The van der Waals surface area contributed by atoms with Gasteiger partial charge in [-0.05, 0) is 12.5 Å². The molecule has 1 aromatic rings. The van der Waals surface area contributed by atoms with Crippen molar-refractivity contribution in [2.75, 3.05) is 0 Å². The topological polar surface area (TPSA) is 57.5 Å². The van der Waals surface area contributed by atoms with Crippen molar-refractivity contribution < 1.29 is 19.4 Å². The average molecular weight is 198 g/mol. The molecule has 14 heavy (non-hydrogen) atoms. The van der Waals surface area contributed by atoms with Gasteiger partial charge in [-0.1, -0.05) is 25.1 Å². The second-order valence-electron chi connectivity index (χ2n) is 3.00. The maximum atomic E-state index is 13.2. The first-order valence-electron chi connectivity index (χ1n) is 4.23. The van der Waals surface area contributed by atoms with Crippen molar-refractivity contribution in [3.63, 3.8) is 0 Å². The lowest BCUT2D eigenvalue weighted by atomic mass is 9.91. The summed E-state index contributed by atoms with van der Waals surface area (Å²) in [6.07, 6.45) is -0.0801. The zero-order valence-electron chi connectivity index (χ0n) is 7.70. The smallest absolute Gasteiger partial charge is 0.340 e. The fourth-order valence-electron chi connectivity index (χ4n) is 1.25. The van der Waals surface area contributed by atoms with Gasteiger partial charge in [0.2, 0.25) is 0 Å². The summed E-state index contributed by atoms with van der Waals surface area (Å²) in [4.78, 5) is 10.8. The van der Waals surface area contributed by atoms with E-state index in [1.54, 1.807) is 0 Å². The maximum Gasteiger partial charge on any atom is 0.340 e. The molecule has 1 rings (SSSR count). The Morgan fingerprint density at radius 3 is 2.50 bits per heavy atom. The fourth-order valence-corrected chi connectivity index (χ4v) is 1.25. The minimum atomic E-state index is -2.13. The monoisotopic (exact) mass is 198 g/mol. The Balaban J connectivity index is 3.26. The Morgan fingerprint density at radius 1 is 1.50 bits per heavy atom. The van der Waals surface area contributed by atoms with E-state index in [1.165, 1.54) is 25.1 Å². The van der Waals surface area contributed by atoms with Gasteiger partial charge in [-0.3, -0.25) is 0 Å².